The highest BCUT2D eigenvalue weighted by Gasteiger charge is 2.27. The fourth-order valence-electron chi connectivity index (χ4n) is 3.37. The van der Waals surface area contributed by atoms with Crippen molar-refractivity contribution in [2.75, 3.05) is 6.79 Å². The van der Waals surface area contributed by atoms with Gasteiger partial charge in [0.2, 0.25) is 12.7 Å². The maximum absolute atomic E-state index is 12.6. The number of urea groups is 1. The van der Waals surface area contributed by atoms with Gasteiger partial charge in [-0.1, -0.05) is 36.4 Å². The quantitative estimate of drug-likeness (QED) is 0.745. The van der Waals surface area contributed by atoms with E-state index in [0.29, 0.717) is 23.7 Å². The summed E-state index contributed by atoms with van der Waals surface area (Å²) in [6.07, 6.45) is 0.184. The number of amides is 3. The summed E-state index contributed by atoms with van der Waals surface area (Å²) in [6.45, 7) is 2.42. The number of fused-ring (bicyclic) bond motifs is 1. The second kappa shape index (κ2) is 7.64. The summed E-state index contributed by atoms with van der Waals surface area (Å²) in [6, 6.07) is 14.6. The van der Waals surface area contributed by atoms with Crippen molar-refractivity contribution in [2.45, 2.75) is 25.9 Å². The first-order chi connectivity index (χ1) is 13.6. The van der Waals surface area contributed by atoms with Gasteiger partial charge in [-0.2, -0.15) is 0 Å². The second-order valence-electron chi connectivity index (χ2n) is 6.73. The Balaban J connectivity index is 1.44. The van der Waals surface area contributed by atoms with Gasteiger partial charge >= 0.3 is 6.03 Å². The minimum atomic E-state index is -0.328. The summed E-state index contributed by atoms with van der Waals surface area (Å²) < 4.78 is 10.7. The lowest BCUT2D eigenvalue weighted by atomic mass is 9.93. The number of allylic oxidation sites excluding steroid dienone is 1. The Morgan fingerprint density at radius 2 is 1.93 bits per heavy atom. The van der Waals surface area contributed by atoms with E-state index < -0.39 is 0 Å². The number of carbonyl (C=O) groups is 2. The second-order valence-corrected chi connectivity index (χ2v) is 6.73. The molecule has 0 saturated heterocycles. The van der Waals surface area contributed by atoms with Crippen molar-refractivity contribution in [1.29, 1.82) is 0 Å². The first-order valence-electron chi connectivity index (χ1n) is 9.07. The van der Waals surface area contributed by atoms with Crippen molar-refractivity contribution in [3.63, 3.8) is 0 Å². The molecule has 0 radical (unpaired) electrons. The highest BCUT2D eigenvalue weighted by atomic mass is 16.7. The molecule has 144 valence electrons. The molecule has 0 fully saturated rings. The molecule has 0 aliphatic carbocycles. The third kappa shape index (κ3) is 3.78. The number of carbonyl (C=O) groups excluding carboxylic acids is 2. The lowest BCUT2D eigenvalue weighted by Crippen LogP contribution is -2.44. The van der Waals surface area contributed by atoms with Gasteiger partial charge in [0.25, 0.3) is 0 Å². The van der Waals surface area contributed by atoms with Gasteiger partial charge in [-0.3, -0.25) is 4.79 Å². The molecular weight excluding hydrogens is 358 g/mol. The zero-order valence-corrected chi connectivity index (χ0v) is 15.5. The number of nitrogens with one attached hydrogen (secondary N) is 3. The molecule has 7 heteroatoms. The van der Waals surface area contributed by atoms with Crippen LogP contribution in [0.4, 0.5) is 4.79 Å². The largest absolute Gasteiger partial charge is 0.454 e. The first-order valence-corrected chi connectivity index (χ1v) is 9.07. The van der Waals surface area contributed by atoms with Crippen molar-refractivity contribution < 1.29 is 19.1 Å². The van der Waals surface area contributed by atoms with E-state index in [2.05, 4.69) is 16.0 Å². The molecule has 4 rings (SSSR count). The fraction of sp³-hybridized carbons (Fsp3) is 0.238. The topological polar surface area (TPSA) is 88.7 Å². The molecule has 28 heavy (non-hydrogen) atoms. The molecule has 7 nitrogen and oxygen atoms in total. The van der Waals surface area contributed by atoms with Gasteiger partial charge in [0, 0.05) is 12.2 Å². The number of rotatable bonds is 5. The van der Waals surface area contributed by atoms with Gasteiger partial charge < -0.3 is 25.4 Å². The summed E-state index contributed by atoms with van der Waals surface area (Å²) in [7, 11) is 0. The third-order valence-electron chi connectivity index (χ3n) is 4.82. The van der Waals surface area contributed by atoms with Crippen LogP contribution in [-0.2, 0) is 11.3 Å². The number of hydrogen-bond acceptors (Lipinski definition) is 4. The van der Waals surface area contributed by atoms with Crippen molar-refractivity contribution >= 4 is 11.9 Å². The molecule has 2 aliphatic heterocycles. The zero-order valence-electron chi connectivity index (χ0n) is 15.5. The molecule has 0 saturated carbocycles. The summed E-state index contributed by atoms with van der Waals surface area (Å²) in [5.41, 5.74) is 3.41. The predicted octanol–water partition coefficient (Wildman–Crippen LogP) is 2.75. The molecule has 3 N–H and O–H groups in total. The van der Waals surface area contributed by atoms with Crippen LogP contribution in [0.15, 0.2) is 59.8 Å². The van der Waals surface area contributed by atoms with E-state index in [-0.39, 0.29) is 31.2 Å². The Labute approximate surface area is 162 Å². The molecule has 0 spiro atoms. The molecular formula is C21H21N3O4. The van der Waals surface area contributed by atoms with Crippen molar-refractivity contribution in [3.8, 4) is 11.5 Å². The van der Waals surface area contributed by atoms with Crippen LogP contribution in [0.5, 0.6) is 11.5 Å². The van der Waals surface area contributed by atoms with Crippen LogP contribution in [0.3, 0.4) is 0 Å². The highest BCUT2D eigenvalue weighted by Crippen LogP contribution is 2.32. The molecule has 2 aromatic rings. The smallest absolute Gasteiger partial charge is 0.319 e. The molecule has 1 unspecified atom stereocenters. The Morgan fingerprint density at radius 1 is 1.14 bits per heavy atom. The Bertz CT molecular complexity index is 940. The van der Waals surface area contributed by atoms with Gasteiger partial charge in [-0.05, 0) is 35.8 Å². The lowest BCUT2D eigenvalue weighted by molar-refractivity contribution is -0.120. The molecule has 2 aromatic carbocycles. The van der Waals surface area contributed by atoms with Crippen LogP contribution in [0.1, 0.15) is 30.5 Å². The summed E-state index contributed by atoms with van der Waals surface area (Å²) in [4.78, 5) is 24.5. The summed E-state index contributed by atoms with van der Waals surface area (Å²) >= 11 is 0. The number of ether oxygens (including phenoxy) is 2. The number of hydrogen-bond donors (Lipinski definition) is 3. The molecule has 2 heterocycles. The highest BCUT2D eigenvalue weighted by molar-refractivity contribution is 5.83. The van der Waals surface area contributed by atoms with Crippen molar-refractivity contribution in [3.05, 3.63) is 70.9 Å². The van der Waals surface area contributed by atoms with Crippen LogP contribution in [0, 0.1) is 0 Å². The van der Waals surface area contributed by atoms with Gasteiger partial charge in [0.15, 0.2) is 11.5 Å². The number of benzene rings is 2. The molecule has 1 atom stereocenters. The van der Waals surface area contributed by atoms with E-state index in [9.17, 15) is 9.59 Å². The van der Waals surface area contributed by atoms with E-state index in [4.69, 9.17) is 9.47 Å². The molecule has 2 aliphatic rings. The van der Waals surface area contributed by atoms with Gasteiger partial charge in [-0.15, -0.1) is 0 Å². The van der Waals surface area contributed by atoms with Gasteiger partial charge in [0.05, 0.1) is 12.5 Å². The van der Waals surface area contributed by atoms with Gasteiger partial charge in [0.1, 0.15) is 0 Å². The molecule has 3 amide bonds. The maximum atomic E-state index is 12.6. The fourth-order valence-corrected chi connectivity index (χ4v) is 3.37. The average Bonchev–Trinajstić information content (AvgIpc) is 3.17. The van der Waals surface area contributed by atoms with Crippen molar-refractivity contribution in [1.82, 2.24) is 16.0 Å². The minimum absolute atomic E-state index is 0.120. The average molecular weight is 379 g/mol. The van der Waals surface area contributed by atoms with Crippen LogP contribution < -0.4 is 25.4 Å². The normalized spacial score (nSPS) is 17.8. The van der Waals surface area contributed by atoms with Crippen molar-refractivity contribution in [2.24, 2.45) is 0 Å². The third-order valence-corrected chi connectivity index (χ3v) is 4.82. The van der Waals surface area contributed by atoms with E-state index >= 15 is 0 Å². The molecule has 0 bridgehead atoms. The van der Waals surface area contributed by atoms with Gasteiger partial charge in [-0.25, -0.2) is 4.79 Å². The monoisotopic (exact) mass is 379 g/mol. The van der Waals surface area contributed by atoms with Crippen LogP contribution >= 0.6 is 0 Å². The van der Waals surface area contributed by atoms with E-state index in [1.807, 2.05) is 55.5 Å². The van der Waals surface area contributed by atoms with E-state index in [1.54, 1.807) is 0 Å². The lowest BCUT2D eigenvalue weighted by Gasteiger charge is -2.29. The minimum Gasteiger partial charge on any atom is -0.454 e. The Hall–Kier alpha value is -3.48. The Morgan fingerprint density at radius 3 is 2.75 bits per heavy atom. The predicted molar refractivity (Wildman–Crippen MR) is 103 cm³/mol. The standard InChI is InChI=1S/C21H21N3O4/c1-13-16(20(24-21(26)23-13)15-5-3-2-4-6-15)10-19(25)22-11-14-7-8-17-18(9-14)28-12-27-17/h2-9,20H,10-12H2,1H3,(H,22,25)(H2,23,24,26). The van der Waals surface area contributed by atoms with Crippen LogP contribution in [0.2, 0.25) is 0 Å². The zero-order chi connectivity index (χ0) is 19.5. The maximum Gasteiger partial charge on any atom is 0.319 e. The van der Waals surface area contributed by atoms with Crippen LogP contribution in [-0.4, -0.2) is 18.7 Å². The van der Waals surface area contributed by atoms with E-state index in [1.165, 1.54) is 0 Å². The Kier molecular flexibility index (Phi) is 4.89. The van der Waals surface area contributed by atoms with E-state index in [0.717, 1.165) is 16.7 Å². The summed E-state index contributed by atoms with van der Waals surface area (Å²) in [5, 5.41) is 8.59. The first kappa shape index (κ1) is 17.9. The molecule has 0 aromatic heterocycles. The van der Waals surface area contributed by atoms with Crippen LogP contribution in [0.25, 0.3) is 0 Å². The summed E-state index contributed by atoms with van der Waals surface area (Å²) in [5.74, 6) is 1.28. The SMILES string of the molecule is CC1=C(CC(=O)NCc2ccc3c(c2)OCO3)C(c2ccccc2)NC(=O)N1.